The summed E-state index contributed by atoms with van der Waals surface area (Å²) in [5.41, 5.74) is 6.58. The van der Waals surface area contributed by atoms with E-state index in [1.165, 1.54) is 12.1 Å². The second kappa shape index (κ2) is 7.18. The number of nitrogens with one attached hydrogen (secondary N) is 1. The van der Waals surface area contributed by atoms with E-state index in [9.17, 15) is 13.2 Å². The van der Waals surface area contributed by atoms with Crippen molar-refractivity contribution < 1.29 is 13.2 Å². The summed E-state index contributed by atoms with van der Waals surface area (Å²) in [6.45, 7) is 6.68. The topological polar surface area (TPSA) is 119 Å². The SMILES string of the molecule is CC1(C)CN(CCC(=O)Nc2cccc(S(N)(=O)=O)c2)CCC1N. The molecule has 1 heterocycles. The second-order valence-electron chi connectivity index (χ2n) is 7.03. The zero-order valence-electron chi connectivity index (χ0n) is 14.2. The van der Waals surface area contributed by atoms with Crippen molar-refractivity contribution in [2.45, 2.75) is 37.6 Å². The molecule has 0 radical (unpaired) electrons. The summed E-state index contributed by atoms with van der Waals surface area (Å²) in [7, 11) is -3.78. The van der Waals surface area contributed by atoms with Gasteiger partial charge >= 0.3 is 0 Å². The third kappa shape index (κ3) is 5.01. The molecule has 8 heteroatoms. The minimum absolute atomic E-state index is 0.0212. The maximum Gasteiger partial charge on any atom is 0.238 e. The number of carbonyl (C=O) groups is 1. The molecule has 1 aromatic rings. The van der Waals surface area contributed by atoms with Crippen LogP contribution in [0.4, 0.5) is 5.69 Å². The van der Waals surface area contributed by atoms with Gasteiger partial charge in [0.15, 0.2) is 0 Å². The van der Waals surface area contributed by atoms with Gasteiger partial charge < -0.3 is 16.0 Å². The number of anilines is 1. The molecule has 1 atom stereocenters. The molecule has 7 nitrogen and oxygen atoms in total. The summed E-state index contributed by atoms with van der Waals surface area (Å²) in [4.78, 5) is 14.3. The number of primary sulfonamides is 1. The molecule has 0 aromatic heterocycles. The summed E-state index contributed by atoms with van der Waals surface area (Å²) >= 11 is 0. The van der Waals surface area contributed by atoms with Crippen LogP contribution in [0, 0.1) is 5.41 Å². The predicted molar refractivity (Wildman–Crippen MR) is 93.9 cm³/mol. The summed E-state index contributed by atoms with van der Waals surface area (Å²) in [6, 6.07) is 6.11. The van der Waals surface area contributed by atoms with Gasteiger partial charge in [-0.2, -0.15) is 0 Å². The fraction of sp³-hybridized carbons (Fsp3) is 0.562. The molecule has 1 saturated heterocycles. The normalized spacial score (nSPS) is 21.4. The van der Waals surface area contributed by atoms with Crippen LogP contribution in [0.25, 0.3) is 0 Å². The average molecular weight is 354 g/mol. The molecule has 1 aromatic carbocycles. The third-order valence-electron chi connectivity index (χ3n) is 4.49. The lowest BCUT2D eigenvalue weighted by molar-refractivity contribution is -0.116. The summed E-state index contributed by atoms with van der Waals surface area (Å²) in [5, 5.41) is 7.81. The van der Waals surface area contributed by atoms with E-state index in [4.69, 9.17) is 10.9 Å². The molecule has 1 fully saturated rings. The largest absolute Gasteiger partial charge is 0.327 e. The number of benzene rings is 1. The van der Waals surface area contributed by atoms with Crippen molar-refractivity contribution in [3.63, 3.8) is 0 Å². The molecule has 0 spiro atoms. The molecule has 1 unspecified atom stereocenters. The first kappa shape index (κ1) is 18.9. The Bertz CT molecular complexity index is 703. The predicted octanol–water partition coefficient (Wildman–Crippen LogP) is 0.722. The number of likely N-dealkylation sites (tertiary alicyclic amines) is 1. The van der Waals surface area contributed by atoms with E-state index < -0.39 is 10.0 Å². The monoisotopic (exact) mass is 354 g/mol. The number of rotatable bonds is 5. The van der Waals surface area contributed by atoms with Crippen molar-refractivity contribution in [2.75, 3.05) is 25.0 Å². The van der Waals surface area contributed by atoms with Crippen LogP contribution in [0.5, 0.6) is 0 Å². The van der Waals surface area contributed by atoms with Crippen LogP contribution >= 0.6 is 0 Å². The Kier molecular flexibility index (Phi) is 5.64. The first-order chi connectivity index (χ1) is 11.1. The van der Waals surface area contributed by atoms with Gasteiger partial charge in [-0.15, -0.1) is 0 Å². The van der Waals surface area contributed by atoms with Crippen LogP contribution in [0.3, 0.4) is 0 Å². The van der Waals surface area contributed by atoms with Gasteiger partial charge in [-0.1, -0.05) is 19.9 Å². The lowest BCUT2D eigenvalue weighted by Gasteiger charge is -2.42. The van der Waals surface area contributed by atoms with Crippen LogP contribution < -0.4 is 16.2 Å². The highest BCUT2D eigenvalue weighted by Crippen LogP contribution is 2.27. The molecular formula is C16H26N4O3S. The minimum atomic E-state index is -3.78. The Morgan fingerprint density at radius 1 is 1.42 bits per heavy atom. The van der Waals surface area contributed by atoms with Gasteiger partial charge in [0.1, 0.15) is 0 Å². The van der Waals surface area contributed by atoms with Gasteiger partial charge in [0.25, 0.3) is 0 Å². The van der Waals surface area contributed by atoms with E-state index in [-0.39, 0.29) is 22.3 Å². The zero-order chi connectivity index (χ0) is 18.0. The highest BCUT2D eigenvalue weighted by atomic mass is 32.2. The van der Waals surface area contributed by atoms with Gasteiger partial charge in [0.05, 0.1) is 4.90 Å². The van der Waals surface area contributed by atoms with Crippen LogP contribution in [0.1, 0.15) is 26.7 Å². The number of hydrogen-bond donors (Lipinski definition) is 3. The van der Waals surface area contributed by atoms with Gasteiger partial charge in [0.2, 0.25) is 15.9 Å². The fourth-order valence-corrected chi connectivity index (χ4v) is 3.47. The number of piperidine rings is 1. The van der Waals surface area contributed by atoms with Gasteiger partial charge in [-0.25, -0.2) is 13.6 Å². The number of nitrogens with zero attached hydrogens (tertiary/aromatic N) is 1. The Morgan fingerprint density at radius 3 is 2.75 bits per heavy atom. The quantitative estimate of drug-likeness (QED) is 0.720. The van der Waals surface area contributed by atoms with Crippen molar-refractivity contribution in [3.05, 3.63) is 24.3 Å². The number of carbonyl (C=O) groups excluding carboxylic acids is 1. The molecule has 1 aliphatic rings. The van der Waals surface area contributed by atoms with Crippen molar-refractivity contribution in [2.24, 2.45) is 16.3 Å². The molecule has 0 bridgehead atoms. The van der Waals surface area contributed by atoms with E-state index in [1.54, 1.807) is 12.1 Å². The molecule has 1 amide bonds. The standard InChI is InChI=1S/C16H26N4O3S/c1-16(2)11-20(8-6-14(16)17)9-7-15(21)19-12-4-3-5-13(10-12)24(18,22)23/h3-5,10,14H,6-9,11,17H2,1-2H3,(H,19,21)(H2,18,22,23). The Labute approximate surface area is 143 Å². The van der Waals surface area contributed by atoms with Crippen molar-refractivity contribution in [1.29, 1.82) is 0 Å². The highest BCUT2D eigenvalue weighted by molar-refractivity contribution is 7.89. The minimum Gasteiger partial charge on any atom is -0.327 e. The Hall–Kier alpha value is -1.48. The van der Waals surface area contributed by atoms with E-state index in [0.29, 0.717) is 18.7 Å². The number of nitrogens with two attached hydrogens (primary N) is 2. The van der Waals surface area contributed by atoms with Crippen LogP contribution in [0.2, 0.25) is 0 Å². The number of amides is 1. The third-order valence-corrected chi connectivity index (χ3v) is 5.40. The maximum absolute atomic E-state index is 12.1. The lowest BCUT2D eigenvalue weighted by Crippen LogP contribution is -2.52. The van der Waals surface area contributed by atoms with Gasteiger partial charge in [0, 0.05) is 31.2 Å². The molecule has 5 N–H and O–H groups in total. The van der Waals surface area contributed by atoms with E-state index in [0.717, 1.165) is 19.5 Å². The van der Waals surface area contributed by atoms with Crippen molar-refractivity contribution >= 4 is 21.6 Å². The molecule has 24 heavy (non-hydrogen) atoms. The summed E-state index contributed by atoms with van der Waals surface area (Å²) < 4.78 is 22.7. The molecule has 134 valence electrons. The highest BCUT2D eigenvalue weighted by Gasteiger charge is 2.33. The van der Waals surface area contributed by atoms with Crippen LogP contribution in [-0.4, -0.2) is 44.9 Å². The van der Waals surface area contributed by atoms with Crippen LogP contribution in [0.15, 0.2) is 29.2 Å². The average Bonchev–Trinajstić information content (AvgIpc) is 2.48. The molecule has 0 aliphatic carbocycles. The van der Waals surface area contributed by atoms with E-state index >= 15 is 0 Å². The maximum atomic E-state index is 12.1. The Morgan fingerprint density at radius 2 is 2.12 bits per heavy atom. The Balaban J connectivity index is 1.88. The van der Waals surface area contributed by atoms with Gasteiger partial charge in [-0.3, -0.25) is 4.79 Å². The molecule has 0 saturated carbocycles. The second-order valence-corrected chi connectivity index (χ2v) is 8.59. The molecule has 1 aliphatic heterocycles. The fourth-order valence-electron chi connectivity index (χ4n) is 2.91. The summed E-state index contributed by atoms with van der Waals surface area (Å²) in [6.07, 6.45) is 1.26. The molecule has 2 rings (SSSR count). The smallest absolute Gasteiger partial charge is 0.238 e. The lowest BCUT2D eigenvalue weighted by atomic mass is 9.80. The van der Waals surface area contributed by atoms with Crippen molar-refractivity contribution in [1.82, 2.24) is 4.90 Å². The first-order valence-corrected chi connectivity index (χ1v) is 9.53. The van der Waals surface area contributed by atoms with Gasteiger partial charge in [-0.05, 0) is 36.6 Å². The molecular weight excluding hydrogens is 328 g/mol. The van der Waals surface area contributed by atoms with E-state index in [2.05, 4.69) is 24.1 Å². The van der Waals surface area contributed by atoms with Crippen molar-refractivity contribution in [3.8, 4) is 0 Å². The van der Waals surface area contributed by atoms with E-state index in [1.807, 2.05) is 0 Å². The zero-order valence-corrected chi connectivity index (χ0v) is 15.0. The number of sulfonamides is 1. The van der Waals surface area contributed by atoms with Crippen LogP contribution in [-0.2, 0) is 14.8 Å². The summed E-state index contributed by atoms with van der Waals surface area (Å²) in [5.74, 6) is -0.158. The number of hydrogen-bond acceptors (Lipinski definition) is 5. The first-order valence-electron chi connectivity index (χ1n) is 7.98.